The van der Waals surface area contributed by atoms with E-state index in [0.29, 0.717) is 19.6 Å². The third-order valence-electron chi connectivity index (χ3n) is 6.15. The van der Waals surface area contributed by atoms with Crippen LogP contribution in [0.15, 0.2) is 48.0 Å². The summed E-state index contributed by atoms with van der Waals surface area (Å²) in [5, 5.41) is 2.78. The van der Waals surface area contributed by atoms with Gasteiger partial charge in [-0.05, 0) is 12.5 Å². The molecule has 1 spiro atoms. The molecule has 0 saturated carbocycles. The summed E-state index contributed by atoms with van der Waals surface area (Å²) in [5.74, 6) is -0.958. The summed E-state index contributed by atoms with van der Waals surface area (Å²) in [5.41, 5.74) is 1.59. The van der Waals surface area contributed by atoms with Crippen molar-refractivity contribution >= 4 is 23.2 Å². The fourth-order valence-corrected chi connectivity index (χ4v) is 5.56. The van der Waals surface area contributed by atoms with Gasteiger partial charge in [-0.3, -0.25) is 9.59 Å². The number of ether oxygens (including phenoxy) is 1. The Morgan fingerprint density at radius 2 is 2.31 bits per heavy atom. The predicted molar refractivity (Wildman–Crippen MR) is 109 cm³/mol. The molecule has 1 aromatic carbocycles. The number of fused-ring (bicyclic) bond motifs is 1. The largest absolute Gasteiger partial charge is 0.360 e. The summed E-state index contributed by atoms with van der Waals surface area (Å²) in [6.45, 7) is 3.53. The second-order valence-corrected chi connectivity index (χ2v) is 9.18. The normalized spacial score (nSPS) is 29.5. The van der Waals surface area contributed by atoms with Gasteiger partial charge in [-0.25, -0.2) is 4.98 Å². The van der Waals surface area contributed by atoms with E-state index in [1.165, 1.54) is 16.9 Å². The van der Waals surface area contributed by atoms with E-state index >= 15 is 0 Å². The topological polar surface area (TPSA) is 62.7 Å². The molecule has 5 rings (SSSR count). The van der Waals surface area contributed by atoms with E-state index in [9.17, 15) is 9.59 Å². The quantitative estimate of drug-likeness (QED) is 0.712. The number of amides is 2. The Bertz CT molecular complexity index is 989. The van der Waals surface area contributed by atoms with Crippen molar-refractivity contribution in [3.8, 4) is 0 Å². The van der Waals surface area contributed by atoms with Crippen molar-refractivity contribution in [2.75, 3.05) is 13.6 Å². The van der Waals surface area contributed by atoms with Crippen LogP contribution in [0.25, 0.3) is 0 Å². The predicted octanol–water partition coefficient (Wildman–Crippen LogP) is 2.39. The molecule has 2 bridgehead atoms. The number of hydrogen-bond acceptors (Lipinski definition) is 5. The summed E-state index contributed by atoms with van der Waals surface area (Å²) >= 11 is 1.52. The van der Waals surface area contributed by atoms with E-state index in [4.69, 9.17) is 4.74 Å². The Morgan fingerprint density at radius 1 is 1.45 bits per heavy atom. The van der Waals surface area contributed by atoms with E-state index in [-0.39, 0.29) is 17.9 Å². The molecule has 2 saturated heterocycles. The molecule has 3 aliphatic rings. The lowest BCUT2D eigenvalue weighted by Crippen LogP contribution is -2.44. The molecule has 0 radical (unpaired) electrons. The first-order valence-corrected chi connectivity index (χ1v) is 10.7. The SMILES string of the molecule is Cc1cccc(CN2C[C@]34C=C[C@H](O3)[C@H](C(=O)N(C)Cc3nccs3)[C@@H]4C2=O)c1. The number of aromatic nitrogens is 1. The highest BCUT2D eigenvalue weighted by Gasteiger charge is 2.67. The van der Waals surface area contributed by atoms with Crippen LogP contribution in [-0.2, 0) is 27.4 Å². The van der Waals surface area contributed by atoms with Gasteiger partial charge in [0.15, 0.2) is 0 Å². The number of carbonyl (C=O) groups is 2. The molecule has 1 aromatic heterocycles. The van der Waals surface area contributed by atoms with Crippen LogP contribution in [0.4, 0.5) is 0 Å². The summed E-state index contributed by atoms with van der Waals surface area (Å²) in [6.07, 6.45) is 5.37. The van der Waals surface area contributed by atoms with E-state index in [0.717, 1.165) is 10.6 Å². The van der Waals surface area contributed by atoms with Crippen LogP contribution in [-0.4, -0.2) is 51.9 Å². The van der Waals surface area contributed by atoms with Crippen molar-refractivity contribution in [2.24, 2.45) is 11.8 Å². The van der Waals surface area contributed by atoms with Crippen LogP contribution in [0.1, 0.15) is 16.1 Å². The average Bonchev–Trinajstić information content (AvgIpc) is 3.45. The van der Waals surface area contributed by atoms with Crippen LogP contribution in [0.3, 0.4) is 0 Å². The summed E-state index contributed by atoms with van der Waals surface area (Å²) in [7, 11) is 1.77. The lowest BCUT2D eigenvalue weighted by molar-refractivity contribution is -0.142. The Labute approximate surface area is 173 Å². The van der Waals surface area contributed by atoms with Crippen molar-refractivity contribution in [1.29, 1.82) is 0 Å². The molecule has 29 heavy (non-hydrogen) atoms. The van der Waals surface area contributed by atoms with Gasteiger partial charge in [0.2, 0.25) is 11.8 Å². The van der Waals surface area contributed by atoms with Gasteiger partial charge in [-0.2, -0.15) is 0 Å². The smallest absolute Gasteiger partial charge is 0.230 e. The van der Waals surface area contributed by atoms with Gasteiger partial charge in [-0.15, -0.1) is 11.3 Å². The number of nitrogens with zero attached hydrogens (tertiary/aromatic N) is 3. The Kier molecular flexibility index (Phi) is 4.33. The minimum absolute atomic E-state index is 0.0133. The lowest BCUT2D eigenvalue weighted by Gasteiger charge is -2.27. The van der Waals surface area contributed by atoms with Crippen molar-refractivity contribution in [1.82, 2.24) is 14.8 Å². The molecule has 4 heterocycles. The molecule has 7 heteroatoms. The van der Waals surface area contributed by atoms with Gasteiger partial charge in [0, 0.05) is 25.2 Å². The number of thiazole rings is 1. The molecule has 3 aliphatic heterocycles. The zero-order valence-corrected chi connectivity index (χ0v) is 17.3. The molecule has 0 unspecified atom stereocenters. The van der Waals surface area contributed by atoms with E-state index in [1.54, 1.807) is 18.1 Å². The first-order valence-electron chi connectivity index (χ1n) is 9.82. The summed E-state index contributed by atoms with van der Waals surface area (Å²) in [4.78, 5) is 34.4. The second-order valence-electron chi connectivity index (χ2n) is 8.20. The minimum atomic E-state index is -0.673. The number of hydrogen-bond donors (Lipinski definition) is 0. The van der Waals surface area contributed by atoms with Crippen molar-refractivity contribution in [3.05, 3.63) is 64.1 Å². The van der Waals surface area contributed by atoms with Crippen molar-refractivity contribution < 1.29 is 14.3 Å². The summed E-state index contributed by atoms with van der Waals surface area (Å²) < 4.78 is 6.23. The molecule has 150 valence electrons. The van der Waals surface area contributed by atoms with Crippen LogP contribution in [0.5, 0.6) is 0 Å². The zero-order chi connectivity index (χ0) is 20.2. The lowest BCUT2D eigenvalue weighted by atomic mass is 9.76. The monoisotopic (exact) mass is 409 g/mol. The van der Waals surface area contributed by atoms with Crippen LogP contribution in [0.2, 0.25) is 0 Å². The van der Waals surface area contributed by atoms with E-state index in [1.807, 2.05) is 47.6 Å². The fourth-order valence-electron chi connectivity index (χ4n) is 4.89. The van der Waals surface area contributed by atoms with E-state index in [2.05, 4.69) is 11.1 Å². The molecule has 4 atom stereocenters. The summed E-state index contributed by atoms with van der Waals surface area (Å²) in [6, 6.07) is 8.18. The second kappa shape index (κ2) is 6.78. The Hall–Kier alpha value is -2.51. The number of carbonyl (C=O) groups excluding carboxylic acids is 2. The van der Waals surface area contributed by atoms with Crippen LogP contribution >= 0.6 is 11.3 Å². The Morgan fingerprint density at radius 3 is 3.07 bits per heavy atom. The van der Waals surface area contributed by atoms with Gasteiger partial charge in [-0.1, -0.05) is 42.0 Å². The van der Waals surface area contributed by atoms with Crippen molar-refractivity contribution in [2.45, 2.75) is 31.7 Å². The van der Waals surface area contributed by atoms with E-state index < -0.39 is 17.4 Å². The van der Waals surface area contributed by atoms with Gasteiger partial charge < -0.3 is 14.5 Å². The van der Waals surface area contributed by atoms with Crippen molar-refractivity contribution in [3.63, 3.8) is 0 Å². The fraction of sp³-hybridized carbons (Fsp3) is 0.409. The molecule has 2 aromatic rings. The maximum atomic E-state index is 13.3. The third kappa shape index (κ3) is 3.00. The third-order valence-corrected chi connectivity index (χ3v) is 6.92. The maximum Gasteiger partial charge on any atom is 0.230 e. The Balaban J connectivity index is 1.37. The number of aryl methyl sites for hydroxylation is 1. The number of benzene rings is 1. The molecular formula is C22H23N3O3S. The van der Waals surface area contributed by atoms with Crippen LogP contribution < -0.4 is 0 Å². The number of likely N-dealkylation sites (tertiary alicyclic amines) is 1. The standard InChI is InChI=1S/C22H23N3O3S/c1-14-4-3-5-15(10-14)11-25-13-22-7-6-16(28-22)18(19(22)21(25)27)20(26)24(2)12-17-23-8-9-29-17/h3-10,16,18-19H,11-13H2,1-2H3/t16-,18-,19+,22-/m0/s1. The highest BCUT2D eigenvalue weighted by Crippen LogP contribution is 2.52. The molecule has 6 nitrogen and oxygen atoms in total. The molecular weight excluding hydrogens is 386 g/mol. The molecule has 2 amide bonds. The highest BCUT2D eigenvalue weighted by molar-refractivity contribution is 7.09. The first-order chi connectivity index (χ1) is 14.0. The van der Waals surface area contributed by atoms with Gasteiger partial charge >= 0.3 is 0 Å². The van der Waals surface area contributed by atoms with Gasteiger partial charge in [0.05, 0.1) is 31.0 Å². The first kappa shape index (κ1) is 18.5. The number of rotatable bonds is 5. The molecule has 0 aliphatic carbocycles. The van der Waals surface area contributed by atoms with Crippen LogP contribution in [0, 0.1) is 18.8 Å². The highest BCUT2D eigenvalue weighted by atomic mass is 32.1. The molecule has 2 fully saturated rings. The van der Waals surface area contributed by atoms with Gasteiger partial charge in [0.1, 0.15) is 10.6 Å². The minimum Gasteiger partial charge on any atom is -0.360 e. The maximum absolute atomic E-state index is 13.3. The molecule has 0 N–H and O–H groups in total. The zero-order valence-electron chi connectivity index (χ0n) is 16.4. The average molecular weight is 410 g/mol. The van der Waals surface area contributed by atoms with Gasteiger partial charge in [0.25, 0.3) is 0 Å².